The fourth-order valence-electron chi connectivity index (χ4n) is 2.74. The molecule has 1 saturated heterocycles. The number of morpholine rings is 1. The van der Waals surface area contributed by atoms with Gasteiger partial charge in [0, 0.05) is 25.4 Å². The van der Waals surface area contributed by atoms with Crippen LogP contribution in [0.25, 0.3) is 0 Å². The number of nitrogens with zero attached hydrogens (tertiary/aromatic N) is 3. The van der Waals surface area contributed by atoms with E-state index in [-0.39, 0.29) is 18.4 Å². The first-order valence-corrected chi connectivity index (χ1v) is 8.35. The monoisotopic (exact) mass is 342 g/mol. The summed E-state index contributed by atoms with van der Waals surface area (Å²) < 4.78 is 6.78. The van der Waals surface area contributed by atoms with E-state index in [0.717, 1.165) is 11.1 Å². The summed E-state index contributed by atoms with van der Waals surface area (Å²) in [5, 5.41) is 7.03. The van der Waals surface area contributed by atoms with Gasteiger partial charge in [-0.1, -0.05) is 24.3 Å². The molecule has 7 heteroatoms. The summed E-state index contributed by atoms with van der Waals surface area (Å²) in [5.41, 5.74) is 2.07. The first-order chi connectivity index (χ1) is 12.1. The Morgan fingerprint density at radius 2 is 1.96 bits per heavy atom. The summed E-state index contributed by atoms with van der Waals surface area (Å²) in [4.78, 5) is 26.1. The second-order valence-electron chi connectivity index (χ2n) is 6.04. The number of hydrogen-bond donors (Lipinski definition) is 1. The Morgan fingerprint density at radius 3 is 2.72 bits per heavy atom. The first-order valence-electron chi connectivity index (χ1n) is 8.35. The molecule has 1 aliphatic heterocycles. The Bertz CT molecular complexity index is 750. The van der Waals surface area contributed by atoms with Gasteiger partial charge in [-0.25, -0.2) is 0 Å². The highest BCUT2D eigenvalue weighted by atomic mass is 16.5. The van der Waals surface area contributed by atoms with E-state index in [9.17, 15) is 9.59 Å². The molecule has 25 heavy (non-hydrogen) atoms. The SMILES string of the molecule is Cc1ccccc1CC(=O)Nc1ccn(CC(=O)N2CCOCC2)n1. The Morgan fingerprint density at radius 1 is 1.20 bits per heavy atom. The maximum Gasteiger partial charge on any atom is 0.244 e. The van der Waals surface area contributed by atoms with E-state index in [4.69, 9.17) is 4.74 Å². The molecule has 0 unspecified atom stereocenters. The van der Waals surface area contributed by atoms with Crippen molar-refractivity contribution < 1.29 is 14.3 Å². The standard InChI is InChI=1S/C18H22N4O3/c1-14-4-2-3-5-15(14)12-17(23)19-16-6-7-22(20-16)13-18(24)21-8-10-25-11-9-21/h2-7H,8-13H2,1H3,(H,19,20,23). The van der Waals surface area contributed by atoms with Crippen LogP contribution in [-0.2, 0) is 27.3 Å². The molecule has 2 amide bonds. The number of aryl methyl sites for hydroxylation is 1. The zero-order valence-corrected chi connectivity index (χ0v) is 14.3. The lowest BCUT2D eigenvalue weighted by Gasteiger charge is -2.26. The van der Waals surface area contributed by atoms with Gasteiger partial charge in [0.1, 0.15) is 6.54 Å². The lowest BCUT2D eigenvalue weighted by atomic mass is 10.1. The molecule has 0 saturated carbocycles. The largest absolute Gasteiger partial charge is 0.378 e. The van der Waals surface area contributed by atoms with Crippen molar-refractivity contribution >= 4 is 17.6 Å². The number of carbonyl (C=O) groups excluding carboxylic acids is 2. The average Bonchev–Trinajstić information content (AvgIpc) is 3.04. The summed E-state index contributed by atoms with van der Waals surface area (Å²) in [6.07, 6.45) is 1.99. The van der Waals surface area contributed by atoms with Gasteiger partial charge < -0.3 is 15.0 Å². The van der Waals surface area contributed by atoms with Crippen LogP contribution in [-0.4, -0.2) is 52.8 Å². The molecule has 7 nitrogen and oxygen atoms in total. The van der Waals surface area contributed by atoms with E-state index in [1.807, 2.05) is 31.2 Å². The number of nitrogens with one attached hydrogen (secondary N) is 1. The van der Waals surface area contributed by atoms with Gasteiger partial charge in [-0.05, 0) is 18.1 Å². The molecule has 0 aliphatic carbocycles. The maximum atomic E-state index is 12.2. The molecule has 1 aromatic carbocycles. The van der Waals surface area contributed by atoms with Gasteiger partial charge in [0.15, 0.2) is 5.82 Å². The van der Waals surface area contributed by atoms with Crippen molar-refractivity contribution in [3.05, 3.63) is 47.7 Å². The third-order valence-electron chi connectivity index (χ3n) is 4.18. The van der Waals surface area contributed by atoms with E-state index < -0.39 is 0 Å². The first kappa shape index (κ1) is 17.2. The quantitative estimate of drug-likeness (QED) is 0.887. The van der Waals surface area contributed by atoms with Crippen molar-refractivity contribution in [2.45, 2.75) is 19.9 Å². The Hall–Kier alpha value is -2.67. The van der Waals surface area contributed by atoms with Crippen LogP contribution >= 0.6 is 0 Å². The third-order valence-corrected chi connectivity index (χ3v) is 4.18. The number of hydrogen-bond acceptors (Lipinski definition) is 4. The molecule has 132 valence electrons. The van der Waals surface area contributed by atoms with Crippen LogP contribution in [0.3, 0.4) is 0 Å². The minimum Gasteiger partial charge on any atom is -0.378 e. The van der Waals surface area contributed by atoms with Gasteiger partial charge in [-0.15, -0.1) is 0 Å². The van der Waals surface area contributed by atoms with E-state index in [0.29, 0.717) is 38.5 Å². The van der Waals surface area contributed by atoms with Crippen LogP contribution in [0, 0.1) is 6.92 Å². The van der Waals surface area contributed by atoms with Crippen LogP contribution in [0.1, 0.15) is 11.1 Å². The summed E-state index contributed by atoms with van der Waals surface area (Å²) >= 11 is 0. The van der Waals surface area contributed by atoms with Crippen LogP contribution < -0.4 is 5.32 Å². The zero-order valence-electron chi connectivity index (χ0n) is 14.3. The van der Waals surface area contributed by atoms with Crippen molar-refractivity contribution in [2.75, 3.05) is 31.6 Å². The van der Waals surface area contributed by atoms with Crippen LogP contribution in [0.5, 0.6) is 0 Å². The third kappa shape index (κ3) is 4.67. The van der Waals surface area contributed by atoms with E-state index in [1.165, 1.54) is 0 Å². The van der Waals surface area contributed by atoms with Crippen molar-refractivity contribution in [3.8, 4) is 0 Å². The molecular weight excluding hydrogens is 320 g/mol. The van der Waals surface area contributed by atoms with Gasteiger partial charge >= 0.3 is 0 Å². The molecule has 0 bridgehead atoms. The number of amides is 2. The maximum absolute atomic E-state index is 12.2. The lowest BCUT2D eigenvalue weighted by Crippen LogP contribution is -2.42. The smallest absolute Gasteiger partial charge is 0.244 e. The molecule has 1 fully saturated rings. The number of carbonyl (C=O) groups is 2. The van der Waals surface area contributed by atoms with Gasteiger partial charge in [0.05, 0.1) is 19.6 Å². The second-order valence-corrected chi connectivity index (χ2v) is 6.04. The predicted octanol–water partition coefficient (Wildman–Crippen LogP) is 1.23. The number of benzene rings is 1. The highest BCUT2D eigenvalue weighted by Gasteiger charge is 2.17. The average molecular weight is 342 g/mol. The topological polar surface area (TPSA) is 76.5 Å². The fraction of sp³-hybridized carbons (Fsp3) is 0.389. The molecule has 0 spiro atoms. The predicted molar refractivity (Wildman–Crippen MR) is 93.1 cm³/mol. The van der Waals surface area contributed by atoms with Crippen LogP contribution in [0.2, 0.25) is 0 Å². The minimum atomic E-state index is -0.126. The highest BCUT2D eigenvalue weighted by molar-refractivity contribution is 5.91. The van der Waals surface area contributed by atoms with Crippen molar-refractivity contribution in [3.63, 3.8) is 0 Å². The summed E-state index contributed by atoms with van der Waals surface area (Å²) in [6, 6.07) is 9.48. The van der Waals surface area contributed by atoms with E-state index >= 15 is 0 Å². The van der Waals surface area contributed by atoms with E-state index in [1.54, 1.807) is 21.8 Å². The van der Waals surface area contributed by atoms with Crippen LogP contribution in [0.15, 0.2) is 36.5 Å². The van der Waals surface area contributed by atoms with Gasteiger partial charge in [-0.3, -0.25) is 14.3 Å². The lowest BCUT2D eigenvalue weighted by molar-refractivity contribution is -0.136. The van der Waals surface area contributed by atoms with Gasteiger partial charge in [-0.2, -0.15) is 5.10 Å². The summed E-state index contributed by atoms with van der Waals surface area (Å²) in [7, 11) is 0. The van der Waals surface area contributed by atoms with Crippen molar-refractivity contribution in [1.29, 1.82) is 0 Å². The number of rotatable bonds is 5. The molecule has 0 atom stereocenters. The number of ether oxygens (including phenoxy) is 1. The molecule has 0 radical (unpaired) electrons. The molecule has 1 aliphatic rings. The number of aromatic nitrogens is 2. The molecule has 2 heterocycles. The van der Waals surface area contributed by atoms with Crippen molar-refractivity contribution in [2.24, 2.45) is 0 Å². The van der Waals surface area contributed by atoms with Gasteiger partial charge in [0.25, 0.3) is 0 Å². The second kappa shape index (κ2) is 7.94. The molecule has 1 aromatic heterocycles. The Labute approximate surface area is 146 Å². The van der Waals surface area contributed by atoms with E-state index in [2.05, 4.69) is 10.4 Å². The molecular formula is C18H22N4O3. The van der Waals surface area contributed by atoms with Gasteiger partial charge in [0.2, 0.25) is 11.8 Å². The fourth-order valence-corrected chi connectivity index (χ4v) is 2.74. The normalized spacial score (nSPS) is 14.4. The minimum absolute atomic E-state index is 0.00388. The molecule has 1 N–H and O–H groups in total. The number of anilines is 1. The summed E-state index contributed by atoms with van der Waals surface area (Å²) in [5.74, 6) is 0.330. The Balaban J connectivity index is 1.53. The van der Waals surface area contributed by atoms with Crippen LogP contribution in [0.4, 0.5) is 5.82 Å². The molecule has 3 rings (SSSR count). The van der Waals surface area contributed by atoms with Crippen molar-refractivity contribution in [1.82, 2.24) is 14.7 Å². The summed E-state index contributed by atoms with van der Waals surface area (Å²) in [6.45, 7) is 4.51. The highest BCUT2D eigenvalue weighted by Crippen LogP contribution is 2.10. The zero-order chi connectivity index (χ0) is 17.6. The molecule has 2 aromatic rings. The Kier molecular flexibility index (Phi) is 5.45.